The second kappa shape index (κ2) is 5.90. The van der Waals surface area contributed by atoms with Crippen molar-refractivity contribution in [2.75, 3.05) is 5.32 Å². The maximum absolute atomic E-state index is 12.1. The van der Waals surface area contributed by atoms with Crippen LogP contribution in [0.15, 0.2) is 24.3 Å². The van der Waals surface area contributed by atoms with Crippen molar-refractivity contribution >= 4 is 11.7 Å². The van der Waals surface area contributed by atoms with E-state index in [-0.39, 0.29) is 5.91 Å². The zero-order valence-electron chi connectivity index (χ0n) is 12.5. The molecule has 0 aliphatic heterocycles. The van der Waals surface area contributed by atoms with Gasteiger partial charge in [-0.3, -0.25) is 4.79 Å². The topological polar surface area (TPSA) is 46.9 Å². The van der Waals surface area contributed by atoms with Crippen LogP contribution in [-0.2, 0) is 17.8 Å². The number of anilines is 1. The number of nitrogens with one attached hydrogen (secondary N) is 1. The Balaban J connectivity index is 2.09. The van der Waals surface area contributed by atoms with Crippen LogP contribution >= 0.6 is 0 Å². The number of amides is 1. The fraction of sp³-hybridized carbons (Fsp3) is 0.375. The minimum Gasteiger partial charge on any atom is -0.311 e. The third kappa shape index (κ3) is 3.26. The first-order valence-corrected chi connectivity index (χ1v) is 6.90. The number of hydrogen-bond acceptors (Lipinski definition) is 2. The number of aromatic nitrogens is 2. The molecule has 1 aromatic heterocycles. The molecule has 0 atom stereocenters. The Kier molecular flexibility index (Phi) is 4.23. The van der Waals surface area contributed by atoms with Crippen molar-refractivity contribution in [3.8, 4) is 0 Å². The van der Waals surface area contributed by atoms with Gasteiger partial charge in [0.2, 0.25) is 5.91 Å². The van der Waals surface area contributed by atoms with Gasteiger partial charge >= 0.3 is 0 Å². The van der Waals surface area contributed by atoms with Crippen molar-refractivity contribution < 1.29 is 4.79 Å². The van der Waals surface area contributed by atoms with Crippen molar-refractivity contribution in [1.82, 2.24) is 9.78 Å². The zero-order valence-corrected chi connectivity index (χ0v) is 12.5. The summed E-state index contributed by atoms with van der Waals surface area (Å²) >= 11 is 0. The summed E-state index contributed by atoms with van der Waals surface area (Å²) in [6, 6.07) is 8.05. The van der Waals surface area contributed by atoms with E-state index in [1.54, 1.807) is 4.68 Å². The first-order chi connectivity index (χ1) is 9.49. The number of carbonyl (C=O) groups is 1. The van der Waals surface area contributed by atoms with E-state index in [4.69, 9.17) is 0 Å². The van der Waals surface area contributed by atoms with E-state index >= 15 is 0 Å². The van der Waals surface area contributed by atoms with E-state index < -0.39 is 0 Å². The van der Waals surface area contributed by atoms with E-state index in [0.29, 0.717) is 6.42 Å². The van der Waals surface area contributed by atoms with Gasteiger partial charge in [0.1, 0.15) is 5.82 Å². The summed E-state index contributed by atoms with van der Waals surface area (Å²) in [4.78, 5) is 12.1. The van der Waals surface area contributed by atoms with Crippen LogP contribution in [0.3, 0.4) is 0 Å². The van der Waals surface area contributed by atoms with Crippen LogP contribution in [0.4, 0.5) is 5.82 Å². The molecule has 2 aromatic rings. The van der Waals surface area contributed by atoms with E-state index in [9.17, 15) is 4.79 Å². The smallest absolute Gasteiger partial charge is 0.229 e. The van der Waals surface area contributed by atoms with Gasteiger partial charge in [0.05, 0.1) is 12.1 Å². The van der Waals surface area contributed by atoms with Crippen LogP contribution in [0.2, 0.25) is 0 Å². The van der Waals surface area contributed by atoms with Gasteiger partial charge in [-0.2, -0.15) is 5.10 Å². The molecule has 0 saturated carbocycles. The molecule has 1 amide bonds. The average molecular weight is 271 g/mol. The predicted molar refractivity (Wildman–Crippen MR) is 80.9 cm³/mol. The van der Waals surface area contributed by atoms with Gasteiger partial charge in [-0.1, -0.05) is 23.8 Å². The first kappa shape index (κ1) is 14.3. The van der Waals surface area contributed by atoms with Crippen LogP contribution in [-0.4, -0.2) is 15.7 Å². The SMILES string of the molecule is CCn1nc(C)cc1NC(=O)Cc1ccc(C)cc1C. The molecule has 0 aliphatic carbocycles. The molecule has 0 aliphatic rings. The molecule has 0 spiro atoms. The minimum absolute atomic E-state index is 0.00782. The summed E-state index contributed by atoms with van der Waals surface area (Å²) in [6.45, 7) is 8.76. The lowest BCUT2D eigenvalue weighted by Gasteiger charge is -2.09. The summed E-state index contributed by atoms with van der Waals surface area (Å²) in [6.07, 6.45) is 0.389. The van der Waals surface area contributed by atoms with E-state index in [1.807, 2.05) is 39.0 Å². The Morgan fingerprint density at radius 3 is 2.65 bits per heavy atom. The quantitative estimate of drug-likeness (QED) is 0.929. The lowest BCUT2D eigenvalue weighted by molar-refractivity contribution is -0.115. The van der Waals surface area contributed by atoms with Crippen LogP contribution < -0.4 is 5.32 Å². The Hall–Kier alpha value is -2.10. The molecule has 1 N–H and O–H groups in total. The largest absolute Gasteiger partial charge is 0.311 e. The standard InChI is InChI=1S/C16H21N3O/c1-5-19-15(9-13(4)18-19)17-16(20)10-14-7-6-11(2)8-12(14)3/h6-9H,5,10H2,1-4H3,(H,17,20). The number of nitrogens with zero attached hydrogens (tertiary/aromatic N) is 2. The number of carbonyl (C=O) groups excluding carboxylic acids is 1. The van der Waals surface area contributed by atoms with Crippen LogP contribution in [0.25, 0.3) is 0 Å². The van der Waals surface area contributed by atoms with Crippen LogP contribution in [0, 0.1) is 20.8 Å². The number of hydrogen-bond donors (Lipinski definition) is 1. The molecule has 1 heterocycles. The van der Waals surface area contributed by atoms with Gasteiger partial charge in [0.25, 0.3) is 0 Å². The Morgan fingerprint density at radius 1 is 1.25 bits per heavy atom. The Morgan fingerprint density at radius 2 is 2.00 bits per heavy atom. The van der Waals surface area contributed by atoms with Crippen LogP contribution in [0.5, 0.6) is 0 Å². The minimum atomic E-state index is -0.00782. The Labute approximate surface area is 119 Å². The highest BCUT2D eigenvalue weighted by molar-refractivity contribution is 5.91. The maximum Gasteiger partial charge on any atom is 0.229 e. The third-order valence-corrected chi connectivity index (χ3v) is 3.32. The second-order valence-electron chi connectivity index (χ2n) is 5.14. The molecule has 106 valence electrons. The van der Waals surface area contributed by atoms with Crippen molar-refractivity contribution in [2.24, 2.45) is 0 Å². The van der Waals surface area contributed by atoms with Crippen molar-refractivity contribution in [3.63, 3.8) is 0 Å². The van der Waals surface area contributed by atoms with Gasteiger partial charge < -0.3 is 5.32 Å². The molecule has 4 nitrogen and oxygen atoms in total. The summed E-state index contributed by atoms with van der Waals surface area (Å²) in [5, 5.41) is 7.25. The number of rotatable bonds is 4. The van der Waals surface area contributed by atoms with Crippen molar-refractivity contribution in [3.05, 3.63) is 46.6 Å². The van der Waals surface area contributed by atoms with Crippen molar-refractivity contribution in [2.45, 2.75) is 40.7 Å². The molecule has 0 bridgehead atoms. The van der Waals surface area contributed by atoms with Gasteiger partial charge in [-0.25, -0.2) is 4.68 Å². The molecule has 2 rings (SSSR count). The van der Waals surface area contributed by atoms with Crippen LogP contribution in [0.1, 0.15) is 29.3 Å². The van der Waals surface area contributed by atoms with E-state index in [1.165, 1.54) is 5.56 Å². The van der Waals surface area contributed by atoms with E-state index in [0.717, 1.165) is 29.2 Å². The molecular weight excluding hydrogens is 250 g/mol. The molecule has 20 heavy (non-hydrogen) atoms. The lowest BCUT2D eigenvalue weighted by Crippen LogP contribution is -2.17. The normalized spacial score (nSPS) is 10.6. The fourth-order valence-corrected chi connectivity index (χ4v) is 2.29. The lowest BCUT2D eigenvalue weighted by atomic mass is 10.0. The molecule has 1 aromatic carbocycles. The number of aryl methyl sites for hydroxylation is 4. The van der Waals surface area contributed by atoms with Gasteiger partial charge in [0, 0.05) is 12.6 Å². The molecule has 0 saturated heterocycles. The predicted octanol–water partition coefficient (Wildman–Crippen LogP) is 3.01. The fourth-order valence-electron chi connectivity index (χ4n) is 2.29. The summed E-state index contributed by atoms with van der Waals surface area (Å²) in [5.41, 5.74) is 4.34. The molecular formula is C16H21N3O. The summed E-state index contributed by atoms with van der Waals surface area (Å²) < 4.78 is 1.80. The molecule has 0 unspecified atom stereocenters. The molecule has 4 heteroatoms. The second-order valence-corrected chi connectivity index (χ2v) is 5.14. The zero-order chi connectivity index (χ0) is 14.7. The highest BCUT2D eigenvalue weighted by Crippen LogP contribution is 2.14. The van der Waals surface area contributed by atoms with Crippen molar-refractivity contribution in [1.29, 1.82) is 0 Å². The van der Waals surface area contributed by atoms with Gasteiger partial charge in [0.15, 0.2) is 0 Å². The average Bonchev–Trinajstić information content (AvgIpc) is 2.73. The molecule has 0 radical (unpaired) electrons. The monoisotopic (exact) mass is 271 g/mol. The molecule has 0 fully saturated rings. The van der Waals surface area contributed by atoms with Gasteiger partial charge in [-0.05, 0) is 38.8 Å². The van der Waals surface area contributed by atoms with E-state index in [2.05, 4.69) is 23.4 Å². The third-order valence-electron chi connectivity index (χ3n) is 3.32. The highest BCUT2D eigenvalue weighted by atomic mass is 16.1. The summed E-state index contributed by atoms with van der Waals surface area (Å²) in [5.74, 6) is 0.756. The van der Waals surface area contributed by atoms with Gasteiger partial charge in [-0.15, -0.1) is 0 Å². The Bertz CT molecular complexity index is 629. The summed E-state index contributed by atoms with van der Waals surface area (Å²) in [7, 11) is 0. The number of benzene rings is 1. The maximum atomic E-state index is 12.1. The highest BCUT2D eigenvalue weighted by Gasteiger charge is 2.10. The first-order valence-electron chi connectivity index (χ1n) is 6.90.